The zero-order valence-electron chi connectivity index (χ0n) is 16.2. The Morgan fingerprint density at radius 1 is 1.23 bits per heavy atom. The van der Waals surface area contributed by atoms with Crippen LogP contribution in [0.15, 0.2) is 18.3 Å². The Morgan fingerprint density at radius 3 is 2.57 bits per heavy atom. The highest BCUT2D eigenvalue weighted by Crippen LogP contribution is 2.48. The van der Waals surface area contributed by atoms with Gasteiger partial charge in [-0.25, -0.2) is 13.5 Å². The van der Waals surface area contributed by atoms with Gasteiger partial charge in [-0.1, -0.05) is 17.1 Å². The molecule has 3 fully saturated rings. The van der Waals surface area contributed by atoms with E-state index in [2.05, 4.69) is 27.5 Å². The van der Waals surface area contributed by atoms with Gasteiger partial charge in [0.05, 0.1) is 26.0 Å². The van der Waals surface area contributed by atoms with Crippen molar-refractivity contribution >= 4 is 11.6 Å². The lowest BCUT2D eigenvalue weighted by atomic mass is 10.1. The SMILES string of the molecule is O=C(Nc1c(F)cc(C#CC2CC2)cc1F)c1cn(CC2OCC3(CC3)CO2)nn1. The number of hydrogen-bond donors (Lipinski definition) is 1. The second-order valence-electron chi connectivity index (χ2n) is 8.19. The number of carbonyl (C=O) groups excluding carboxylic acids is 1. The van der Waals surface area contributed by atoms with Gasteiger partial charge in [0.1, 0.15) is 5.69 Å². The Kier molecular flexibility index (Phi) is 4.76. The van der Waals surface area contributed by atoms with E-state index >= 15 is 0 Å². The van der Waals surface area contributed by atoms with Gasteiger partial charge in [0.15, 0.2) is 23.6 Å². The van der Waals surface area contributed by atoms with Gasteiger partial charge in [-0.05, 0) is 37.8 Å². The third-order valence-corrected chi connectivity index (χ3v) is 5.49. The first-order valence-electron chi connectivity index (χ1n) is 9.95. The lowest BCUT2D eigenvalue weighted by molar-refractivity contribution is -0.213. The molecule has 2 aliphatic carbocycles. The number of benzene rings is 1. The Balaban J connectivity index is 1.22. The molecule has 2 heterocycles. The summed E-state index contributed by atoms with van der Waals surface area (Å²) in [6.45, 7) is 1.58. The van der Waals surface area contributed by atoms with Crippen LogP contribution in [0.1, 0.15) is 41.7 Å². The van der Waals surface area contributed by atoms with Crippen LogP contribution in [-0.2, 0) is 16.0 Å². The number of nitrogens with zero attached hydrogens (tertiary/aromatic N) is 3. The number of aromatic nitrogens is 3. The van der Waals surface area contributed by atoms with Gasteiger partial charge in [0.25, 0.3) is 5.91 Å². The quantitative estimate of drug-likeness (QED) is 0.779. The second-order valence-corrected chi connectivity index (χ2v) is 8.19. The Bertz CT molecular complexity index is 1020. The predicted octanol–water partition coefficient (Wildman–Crippen LogP) is 2.72. The molecule has 1 N–H and O–H groups in total. The van der Waals surface area contributed by atoms with Crippen LogP contribution >= 0.6 is 0 Å². The van der Waals surface area contributed by atoms with Crippen molar-refractivity contribution < 1.29 is 23.0 Å². The molecule has 2 saturated carbocycles. The molecule has 2 aromatic rings. The molecule has 0 atom stereocenters. The molecule has 1 saturated heterocycles. The molecule has 7 nitrogen and oxygen atoms in total. The molecule has 1 aromatic carbocycles. The molecular weight excluding hydrogens is 394 g/mol. The van der Waals surface area contributed by atoms with Crippen LogP contribution < -0.4 is 5.32 Å². The van der Waals surface area contributed by atoms with Gasteiger partial charge >= 0.3 is 0 Å². The van der Waals surface area contributed by atoms with Crippen LogP contribution in [0, 0.1) is 34.8 Å². The fourth-order valence-electron chi connectivity index (χ4n) is 3.20. The summed E-state index contributed by atoms with van der Waals surface area (Å²) in [6, 6.07) is 2.21. The molecular formula is C21H20F2N4O3. The summed E-state index contributed by atoms with van der Waals surface area (Å²) in [7, 11) is 0. The molecule has 5 rings (SSSR count). The van der Waals surface area contributed by atoms with Gasteiger partial charge < -0.3 is 14.8 Å². The van der Waals surface area contributed by atoms with Crippen molar-refractivity contribution in [2.75, 3.05) is 18.5 Å². The summed E-state index contributed by atoms with van der Waals surface area (Å²) >= 11 is 0. The Morgan fingerprint density at radius 2 is 1.93 bits per heavy atom. The summed E-state index contributed by atoms with van der Waals surface area (Å²) in [5, 5.41) is 9.86. The molecule has 0 unspecified atom stereocenters. The lowest BCUT2D eigenvalue weighted by Crippen LogP contribution is -2.36. The van der Waals surface area contributed by atoms with E-state index in [0.717, 1.165) is 37.8 Å². The van der Waals surface area contributed by atoms with Crippen LogP contribution in [0.4, 0.5) is 14.5 Å². The summed E-state index contributed by atoms with van der Waals surface area (Å²) in [6.07, 6.45) is 5.20. The number of hydrogen-bond acceptors (Lipinski definition) is 5. The minimum atomic E-state index is -0.895. The van der Waals surface area contributed by atoms with Gasteiger partial charge in [-0.2, -0.15) is 0 Å². The van der Waals surface area contributed by atoms with E-state index in [1.165, 1.54) is 10.9 Å². The van der Waals surface area contributed by atoms with Crippen LogP contribution in [0.3, 0.4) is 0 Å². The molecule has 30 heavy (non-hydrogen) atoms. The number of anilines is 1. The van der Waals surface area contributed by atoms with Crippen LogP contribution in [-0.4, -0.2) is 40.4 Å². The van der Waals surface area contributed by atoms with Crippen molar-refractivity contribution in [3.63, 3.8) is 0 Å². The standard InChI is InChI=1S/C21H20F2N4O3/c22-15-7-14(4-3-13-1-2-13)8-16(23)19(15)24-20(28)17-9-27(26-25-17)10-18-29-11-21(5-6-21)12-30-18/h7-9,13,18H,1-2,5-6,10-12H2,(H,24,28). The largest absolute Gasteiger partial charge is 0.350 e. The van der Waals surface area contributed by atoms with E-state index in [0.29, 0.717) is 19.1 Å². The number of nitrogens with one attached hydrogen (secondary N) is 1. The molecule has 1 spiro atoms. The molecule has 0 radical (unpaired) electrons. The molecule has 156 valence electrons. The highest BCUT2D eigenvalue weighted by molar-refractivity contribution is 6.02. The van der Waals surface area contributed by atoms with E-state index in [9.17, 15) is 13.6 Å². The number of amides is 1. The predicted molar refractivity (Wildman–Crippen MR) is 101 cm³/mol. The normalized spacial score (nSPS) is 19.9. The van der Waals surface area contributed by atoms with Crippen LogP contribution in [0.5, 0.6) is 0 Å². The number of carbonyl (C=O) groups is 1. The summed E-state index contributed by atoms with van der Waals surface area (Å²) in [4.78, 5) is 12.4. The van der Waals surface area contributed by atoms with E-state index < -0.39 is 29.5 Å². The maximum absolute atomic E-state index is 14.3. The van der Waals surface area contributed by atoms with Crippen LogP contribution in [0.2, 0.25) is 0 Å². The van der Waals surface area contributed by atoms with E-state index in [1.807, 2.05) is 0 Å². The molecule has 1 aliphatic heterocycles. The third kappa shape index (κ3) is 4.20. The van der Waals surface area contributed by atoms with Gasteiger partial charge in [-0.3, -0.25) is 4.79 Å². The molecule has 1 aromatic heterocycles. The van der Waals surface area contributed by atoms with Crippen molar-refractivity contribution in [2.24, 2.45) is 11.3 Å². The first-order chi connectivity index (χ1) is 14.5. The Hall–Kier alpha value is -2.83. The van der Waals surface area contributed by atoms with Crippen LogP contribution in [0.25, 0.3) is 0 Å². The van der Waals surface area contributed by atoms with E-state index in [4.69, 9.17) is 9.47 Å². The van der Waals surface area contributed by atoms with Gasteiger partial charge in [-0.15, -0.1) is 5.10 Å². The van der Waals surface area contributed by atoms with E-state index in [-0.39, 0.29) is 23.2 Å². The number of ether oxygens (including phenoxy) is 2. The molecule has 9 heteroatoms. The Labute approximate surface area is 171 Å². The van der Waals surface area contributed by atoms with Crippen molar-refractivity contribution in [1.29, 1.82) is 0 Å². The average molecular weight is 414 g/mol. The van der Waals surface area contributed by atoms with E-state index in [1.54, 1.807) is 0 Å². The first-order valence-corrected chi connectivity index (χ1v) is 9.95. The van der Waals surface area contributed by atoms with Crippen molar-refractivity contribution in [2.45, 2.75) is 38.5 Å². The molecule has 0 bridgehead atoms. The highest BCUT2D eigenvalue weighted by atomic mass is 19.1. The van der Waals surface area contributed by atoms with Crippen molar-refractivity contribution in [1.82, 2.24) is 15.0 Å². The third-order valence-electron chi connectivity index (χ3n) is 5.49. The lowest BCUT2D eigenvalue weighted by Gasteiger charge is -2.29. The smallest absolute Gasteiger partial charge is 0.277 e. The zero-order chi connectivity index (χ0) is 20.7. The number of halogens is 2. The van der Waals surface area contributed by atoms with Gasteiger partial charge in [0, 0.05) is 16.9 Å². The number of rotatable bonds is 4. The maximum Gasteiger partial charge on any atom is 0.277 e. The van der Waals surface area contributed by atoms with Crippen molar-refractivity contribution in [3.8, 4) is 11.8 Å². The fourth-order valence-corrected chi connectivity index (χ4v) is 3.20. The molecule has 3 aliphatic rings. The zero-order valence-corrected chi connectivity index (χ0v) is 16.2. The minimum absolute atomic E-state index is 0.0686. The minimum Gasteiger partial charge on any atom is -0.350 e. The second kappa shape index (κ2) is 7.45. The summed E-state index contributed by atoms with van der Waals surface area (Å²) < 4.78 is 41.4. The summed E-state index contributed by atoms with van der Waals surface area (Å²) in [5.41, 5.74) is -0.181. The highest BCUT2D eigenvalue weighted by Gasteiger charge is 2.47. The fraction of sp³-hybridized carbons (Fsp3) is 0.476. The monoisotopic (exact) mass is 414 g/mol. The average Bonchev–Trinajstić information content (AvgIpc) is 3.65. The van der Waals surface area contributed by atoms with Crippen molar-refractivity contribution in [3.05, 3.63) is 41.2 Å². The first kappa shape index (κ1) is 19.2. The summed E-state index contributed by atoms with van der Waals surface area (Å²) in [5.74, 6) is 3.47. The maximum atomic E-state index is 14.3. The van der Waals surface area contributed by atoms with Gasteiger partial charge in [0.2, 0.25) is 0 Å². The topological polar surface area (TPSA) is 78.3 Å². The molecule has 1 amide bonds.